The monoisotopic (exact) mass is 300 g/mol. The van der Waals surface area contributed by atoms with Gasteiger partial charge >= 0.3 is 0 Å². The lowest BCUT2D eigenvalue weighted by Crippen LogP contribution is -2.40. The van der Waals surface area contributed by atoms with E-state index >= 15 is 0 Å². The van der Waals surface area contributed by atoms with Crippen molar-refractivity contribution in [1.82, 2.24) is 5.32 Å². The Hall–Kier alpha value is -1.35. The third-order valence-corrected chi connectivity index (χ3v) is 5.17. The Balaban J connectivity index is 1.70. The smallest absolute Gasteiger partial charge is 0.241 e. The molecular weight excluding hydrogens is 272 g/mol. The van der Waals surface area contributed by atoms with Crippen LogP contribution in [0.3, 0.4) is 0 Å². The maximum Gasteiger partial charge on any atom is 0.241 e. The number of hydrogen-bond acceptors (Lipinski definition) is 2. The zero-order chi connectivity index (χ0) is 15.7. The fourth-order valence-electron chi connectivity index (χ4n) is 3.99. The van der Waals surface area contributed by atoms with E-state index in [1.807, 2.05) is 18.2 Å². The molecule has 1 aromatic rings. The minimum Gasteiger partial charge on any atom is -0.324 e. The van der Waals surface area contributed by atoms with E-state index < -0.39 is 0 Å². The van der Waals surface area contributed by atoms with Crippen LogP contribution in [0.15, 0.2) is 24.3 Å². The van der Waals surface area contributed by atoms with Gasteiger partial charge in [0.2, 0.25) is 5.91 Å². The number of rotatable bonds is 2. The number of para-hydroxylation sites is 1. The van der Waals surface area contributed by atoms with Crippen molar-refractivity contribution in [1.29, 1.82) is 0 Å². The molecule has 22 heavy (non-hydrogen) atoms. The van der Waals surface area contributed by atoms with Gasteiger partial charge in [-0.05, 0) is 42.2 Å². The first-order chi connectivity index (χ1) is 10.4. The predicted molar refractivity (Wildman–Crippen MR) is 91.1 cm³/mol. The Bertz CT molecular complexity index is 533. The summed E-state index contributed by atoms with van der Waals surface area (Å²) in [5.41, 5.74) is 2.18. The number of nitrogens with one attached hydrogen (secondary N) is 2. The van der Waals surface area contributed by atoms with Gasteiger partial charge in [-0.15, -0.1) is 0 Å². The van der Waals surface area contributed by atoms with Crippen LogP contribution < -0.4 is 10.6 Å². The number of fused-ring (bicyclic) bond motifs is 1. The molecule has 3 nitrogen and oxygen atoms in total. The molecule has 0 spiro atoms. The van der Waals surface area contributed by atoms with Crippen molar-refractivity contribution in [3.05, 3.63) is 29.8 Å². The van der Waals surface area contributed by atoms with Gasteiger partial charge in [0.05, 0.1) is 6.04 Å². The average Bonchev–Trinajstić information content (AvgIpc) is 2.90. The summed E-state index contributed by atoms with van der Waals surface area (Å²) in [6.07, 6.45) is 6.13. The molecule has 1 saturated carbocycles. The maximum absolute atomic E-state index is 12.7. The average molecular weight is 300 g/mol. The molecule has 2 fully saturated rings. The van der Waals surface area contributed by atoms with E-state index in [-0.39, 0.29) is 17.4 Å². The largest absolute Gasteiger partial charge is 0.324 e. The fraction of sp³-hybridized carbons (Fsp3) is 0.632. The van der Waals surface area contributed by atoms with Crippen molar-refractivity contribution in [2.75, 3.05) is 5.32 Å². The first-order valence-electron chi connectivity index (χ1n) is 8.61. The van der Waals surface area contributed by atoms with Crippen molar-refractivity contribution < 1.29 is 4.79 Å². The fourth-order valence-corrected chi connectivity index (χ4v) is 3.99. The van der Waals surface area contributed by atoms with Gasteiger partial charge in [0.1, 0.15) is 0 Å². The molecule has 0 bridgehead atoms. The Morgan fingerprint density at radius 2 is 1.91 bits per heavy atom. The standard InChI is InChI=1S/C19H28N2O/c1-19(2,3)14-9-5-7-11-16(14)21-18(22)17-12-13-8-4-6-10-15(13)20-17/h5,7,9,11,13,15,17,20H,4,6,8,10,12H2,1-3H3,(H,21,22). The molecule has 2 aliphatic rings. The second-order valence-electron chi connectivity index (χ2n) is 7.89. The van der Waals surface area contributed by atoms with Crippen molar-refractivity contribution in [3.63, 3.8) is 0 Å². The molecule has 1 aromatic carbocycles. The number of benzene rings is 1. The van der Waals surface area contributed by atoms with Gasteiger partial charge in [-0.3, -0.25) is 4.79 Å². The molecule has 1 heterocycles. The van der Waals surface area contributed by atoms with Crippen molar-refractivity contribution in [2.45, 2.75) is 70.4 Å². The van der Waals surface area contributed by atoms with Gasteiger partial charge < -0.3 is 10.6 Å². The zero-order valence-electron chi connectivity index (χ0n) is 14.0. The highest BCUT2D eigenvalue weighted by molar-refractivity contribution is 5.96. The number of carbonyl (C=O) groups is 1. The van der Waals surface area contributed by atoms with Crippen LogP contribution in [0.1, 0.15) is 58.4 Å². The summed E-state index contributed by atoms with van der Waals surface area (Å²) < 4.78 is 0. The van der Waals surface area contributed by atoms with Crippen LogP contribution >= 0.6 is 0 Å². The minimum absolute atomic E-state index is 0.0267. The van der Waals surface area contributed by atoms with Gasteiger partial charge in [-0.2, -0.15) is 0 Å². The van der Waals surface area contributed by atoms with E-state index in [4.69, 9.17) is 0 Å². The molecule has 0 radical (unpaired) electrons. The summed E-state index contributed by atoms with van der Waals surface area (Å²) >= 11 is 0. The molecule has 3 unspecified atom stereocenters. The third-order valence-electron chi connectivity index (χ3n) is 5.17. The Labute approximate surface area is 133 Å². The second-order valence-corrected chi connectivity index (χ2v) is 7.89. The van der Waals surface area contributed by atoms with Crippen molar-refractivity contribution >= 4 is 11.6 Å². The van der Waals surface area contributed by atoms with Crippen LogP contribution in [0.25, 0.3) is 0 Å². The summed E-state index contributed by atoms with van der Waals surface area (Å²) in [4.78, 5) is 12.7. The van der Waals surface area contributed by atoms with Crippen LogP contribution in [0.2, 0.25) is 0 Å². The topological polar surface area (TPSA) is 41.1 Å². The lowest BCUT2D eigenvalue weighted by Gasteiger charge is -2.24. The minimum atomic E-state index is -0.0267. The molecule has 0 aromatic heterocycles. The number of hydrogen-bond donors (Lipinski definition) is 2. The van der Waals surface area contributed by atoms with Crippen molar-refractivity contribution in [3.8, 4) is 0 Å². The zero-order valence-corrected chi connectivity index (χ0v) is 14.0. The Morgan fingerprint density at radius 3 is 2.64 bits per heavy atom. The summed E-state index contributed by atoms with van der Waals surface area (Å²) in [6, 6.07) is 8.69. The van der Waals surface area contributed by atoms with Crippen LogP contribution in [-0.4, -0.2) is 18.0 Å². The lowest BCUT2D eigenvalue weighted by atomic mass is 9.85. The van der Waals surface area contributed by atoms with E-state index in [0.717, 1.165) is 12.1 Å². The molecule has 3 atom stereocenters. The molecule has 3 heteroatoms. The molecule has 120 valence electrons. The molecule has 1 aliphatic carbocycles. The van der Waals surface area contributed by atoms with Gasteiger partial charge in [-0.1, -0.05) is 51.8 Å². The SMILES string of the molecule is CC(C)(C)c1ccccc1NC(=O)C1CC2CCCCC2N1. The number of anilines is 1. The highest BCUT2D eigenvalue weighted by atomic mass is 16.2. The van der Waals surface area contributed by atoms with Crippen LogP contribution in [-0.2, 0) is 10.2 Å². The Morgan fingerprint density at radius 1 is 1.18 bits per heavy atom. The molecule has 2 N–H and O–H groups in total. The van der Waals surface area contributed by atoms with Gasteiger partial charge in [0.15, 0.2) is 0 Å². The molecule has 1 aliphatic heterocycles. The highest BCUT2D eigenvalue weighted by Crippen LogP contribution is 2.34. The maximum atomic E-state index is 12.7. The molecular formula is C19H28N2O. The van der Waals surface area contributed by atoms with E-state index in [2.05, 4.69) is 37.5 Å². The Kier molecular flexibility index (Phi) is 4.26. The summed E-state index contributed by atoms with van der Waals surface area (Å²) in [5.74, 6) is 0.827. The molecule has 1 amide bonds. The first-order valence-corrected chi connectivity index (χ1v) is 8.61. The van der Waals surface area contributed by atoms with Gasteiger partial charge in [-0.25, -0.2) is 0 Å². The molecule has 3 rings (SSSR count). The third kappa shape index (κ3) is 3.19. The second kappa shape index (κ2) is 6.04. The van der Waals surface area contributed by atoms with Gasteiger partial charge in [0, 0.05) is 11.7 Å². The quantitative estimate of drug-likeness (QED) is 0.871. The lowest BCUT2D eigenvalue weighted by molar-refractivity contribution is -0.117. The van der Waals surface area contributed by atoms with Crippen molar-refractivity contribution in [2.24, 2.45) is 5.92 Å². The van der Waals surface area contributed by atoms with Crippen LogP contribution in [0.4, 0.5) is 5.69 Å². The summed E-state index contributed by atoms with van der Waals surface area (Å²) in [7, 11) is 0. The highest BCUT2D eigenvalue weighted by Gasteiger charge is 2.38. The normalized spacial score (nSPS) is 28.2. The van der Waals surface area contributed by atoms with Crippen LogP contribution in [0.5, 0.6) is 0 Å². The van der Waals surface area contributed by atoms with E-state index in [9.17, 15) is 4.79 Å². The predicted octanol–water partition coefficient (Wildman–Crippen LogP) is 3.84. The van der Waals surface area contributed by atoms with Gasteiger partial charge in [0.25, 0.3) is 0 Å². The first kappa shape index (κ1) is 15.5. The van der Waals surface area contributed by atoms with E-state index in [1.165, 1.54) is 31.2 Å². The summed E-state index contributed by atoms with van der Waals surface area (Å²) in [5, 5.41) is 6.73. The van der Waals surface area contributed by atoms with E-state index in [0.29, 0.717) is 12.0 Å². The van der Waals surface area contributed by atoms with Crippen LogP contribution in [0, 0.1) is 5.92 Å². The number of amides is 1. The number of carbonyl (C=O) groups excluding carboxylic acids is 1. The van der Waals surface area contributed by atoms with E-state index in [1.54, 1.807) is 0 Å². The summed E-state index contributed by atoms with van der Waals surface area (Å²) in [6.45, 7) is 6.54. The molecule has 1 saturated heterocycles.